The summed E-state index contributed by atoms with van der Waals surface area (Å²) in [6.45, 7) is 3.78. The van der Waals surface area contributed by atoms with Crippen LogP contribution in [0.5, 0.6) is 0 Å². The van der Waals surface area contributed by atoms with E-state index in [0.717, 1.165) is 23.2 Å². The Kier molecular flexibility index (Phi) is 3.73. The van der Waals surface area contributed by atoms with Crippen molar-refractivity contribution in [2.45, 2.75) is 13.8 Å². The van der Waals surface area contributed by atoms with Crippen molar-refractivity contribution >= 4 is 17.9 Å². The molecule has 1 aromatic carbocycles. The lowest BCUT2D eigenvalue weighted by Crippen LogP contribution is -2.04. The number of halogens is 1. The van der Waals surface area contributed by atoms with Gasteiger partial charge in [0.25, 0.3) is 5.95 Å². The van der Waals surface area contributed by atoms with Gasteiger partial charge in [-0.15, -0.1) is 0 Å². The number of carbonyl (C=O) groups excluding carboxylic acids is 1. The zero-order chi connectivity index (χ0) is 15.7. The molecule has 0 unspecified atom stereocenters. The summed E-state index contributed by atoms with van der Waals surface area (Å²) in [5.74, 6) is 0.445. The van der Waals surface area contributed by atoms with Crippen LogP contribution >= 0.6 is 11.6 Å². The first kappa shape index (κ1) is 14.4. The monoisotopic (exact) mass is 312 g/mol. The van der Waals surface area contributed by atoms with Gasteiger partial charge in [0.05, 0.1) is 5.56 Å². The highest BCUT2D eigenvalue weighted by Crippen LogP contribution is 2.23. The van der Waals surface area contributed by atoms with E-state index in [1.807, 2.05) is 32.0 Å². The Morgan fingerprint density at radius 3 is 2.32 bits per heavy atom. The fourth-order valence-electron chi connectivity index (χ4n) is 2.22. The van der Waals surface area contributed by atoms with Crippen LogP contribution in [-0.2, 0) is 0 Å². The van der Waals surface area contributed by atoms with Crippen molar-refractivity contribution in [1.29, 1.82) is 0 Å². The summed E-state index contributed by atoms with van der Waals surface area (Å²) in [7, 11) is 0. The highest BCUT2D eigenvalue weighted by Gasteiger charge is 2.13. The Bertz CT molecular complexity index is 820. The van der Waals surface area contributed by atoms with Crippen LogP contribution in [-0.4, -0.2) is 26.0 Å². The van der Waals surface area contributed by atoms with Crippen LogP contribution < -0.4 is 0 Å². The summed E-state index contributed by atoms with van der Waals surface area (Å²) in [4.78, 5) is 20.0. The Balaban J connectivity index is 2.12. The van der Waals surface area contributed by atoms with E-state index in [2.05, 4.69) is 15.1 Å². The minimum atomic E-state index is 0.445. The SMILES string of the molecule is Cc1cc(C)nc(-n2cc(C=O)c(-c3ccc(Cl)cc3)n2)n1. The van der Waals surface area contributed by atoms with Crippen LogP contribution in [0.2, 0.25) is 5.02 Å². The lowest BCUT2D eigenvalue weighted by molar-refractivity contribution is 0.112. The molecule has 0 aliphatic rings. The van der Waals surface area contributed by atoms with E-state index in [0.29, 0.717) is 22.2 Å². The molecule has 2 aromatic heterocycles. The molecule has 0 aliphatic heterocycles. The number of rotatable bonds is 3. The van der Waals surface area contributed by atoms with E-state index in [1.54, 1.807) is 18.3 Å². The predicted octanol–water partition coefficient (Wildman–Crippen LogP) is 3.41. The molecule has 0 saturated heterocycles. The molecule has 0 spiro atoms. The number of nitrogens with zero attached hydrogens (tertiary/aromatic N) is 4. The molecular weight excluding hydrogens is 300 g/mol. The molecule has 0 atom stereocenters. The van der Waals surface area contributed by atoms with Gasteiger partial charge in [-0.1, -0.05) is 23.7 Å². The normalized spacial score (nSPS) is 10.7. The lowest BCUT2D eigenvalue weighted by Gasteiger charge is -2.02. The fourth-order valence-corrected chi connectivity index (χ4v) is 2.34. The molecular formula is C16H13ClN4O. The Morgan fingerprint density at radius 1 is 1.09 bits per heavy atom. The van der Waals surface area contributed by atoms with Crippen molar-refractivity contribution in [3.63, 3.8) is 0 Å². The van der Waals surface area contributed by atoms with Gasteiger partial charge in [0, 0.05) is 28.2 Å². The lowest BCUT2D eigenvalue weighted by atomic mass is 10.1. The number of benzene rings is 1. The zero-order valence-electron chi connectivity index (χ0n) is 12.1. The molecule has 3 aromatic rings. The summed E-state index contributed by atoms with van der Waals surface area (Å²) >= 11 is 5.89. The molecule has 0 bridgehead atoms. The van der Waals surface area contributed by atoms with Crippen LogP contribution in [0.3, 0.4) is 0 Å². The molecule has 0 amide bonds. The van der Waals surface area contributed by atoms with Crippen LogP contribution in [0.4, 0.5) is 0 Å². The van der Waals surface area contributed by atoms with Gasteiger partial charge in [-0.3, -0.25) is 4.79 Å². The quantitative estimate of drug-likeness (QED) is 0.695. The second-order valence-corrected chi connectivity index (χ2v) is 5.39. The molecule has 0 radical (unpaired) electrons. The van der Waals surface area contributed by atoms with Gasteiger partial charge < -0.3 is 0 Å². The van der Waals surface area contributed by atoms with Crippen molar-refractivity contribution in [2.75, 3.05) is 0 Å². The first-order valence-electron chi connectivity index (χ1n) is 6.70. The molecule has 0 aliphatic carbocycles. The molecule has 3 rings (SSSR count). The molecule has 110 valence electrons. The smallest absolute Gasteiger partial charge is 0.250 e. The summed E-state index contributed by atoms with van der Waals surface area (Å²) in [5.41, 5.74) is 3.56. The highest BCUT2D eigenvalue weighted by atomic mass is 35.5. The maximum atomic E-state index is 11.3. The maximum absolute atomic E-state index is 11.3. The molecule has 2 heterocycles. The fraction of sp³-hybridized carbons (Fsp3) is 0.125. The van der Waals surface area contributed by atoms with Gasteiger partial charge in [-0.05, 0) is 32.0 Å². The van der Waals surface area contributed by atoms with Crippen molar-refractivity contribution in [3.8, 4) is 17.2 Å². The third kappa shape index (κ3) is 2.76. The molecule has 22 heavy (non-hydrogen) atoms. The highest BCUT2D eigenvalue weighted by molar-refractivity contribution is 6.30. The molecule has 5 nitrogen and oxygen atoms in total. The van der Waals surface area contributed by atoms with Gasteiger partial charge in [-0.25, -0.2) is 14.6 Å². The number of hydrogen-bond acceptors (Lipinski definition) is 4. The van der Waals surface area contributed by atoms with Crippen molar-refractivity contribution in [3.05, 3.63) is 58.5 Å². The number of hydrogen-bond donors (Lipinski definition) is 0. The standard InChI is InChI=1S/C16H13ClN4O/c1-10-7-11(2)19-16(18-10)21-8-13(9-22)15(20-21)12-3-5-14(17)6-4-12/h3-9H,1-2H3. The minimum Gasteiger partial charge on any atom is -0.298 e. The van der Waals surface area contributed by atoms with Crippen LogP contribution in [0.15, 0.2) is 36.5 Å². The summed E-state index contributed by atoms with van der Waals surface area (Å²) in [6.07, 6.45) is 2.40. The average Bonchev–Trinajstić information content (AvgIpc) is 2.91. The van der Waals surface area contributed by atoms with Crippen LogP contribution in [0.25, 0.3) is 17.2 Å². The van der Waals surface area contributed by atoms with E-state index in [-0.39, 0.29) is 0 Å². The first-order valence-corrected chi connectivity index (χ1v) is 7.08. The van der Waals surface area contributed by atoms with Crippen molar-refractivity contribution < 1.29 is 4.79 Å². The van der Waals surface area contributed by atoms with E-state index >= 15 is 0 Å². The Hall–Kier alpha value is -2.53. The Labute approximate surface area is 132 Å². The topological polar surface area (TPSA) is 60.7 Å². The Morgan fingerprint density at radius 2 is 1.73 bits per heavy atom. The van der Waals surface area contributed by atoms with Gasteiger partial charge >= 0.3 is 0 Å². The number of aryl methyl sites for hydroxylation is 2. The van der Waals surface area contributed by atoms with E-state index in [9.17, 15) is 4.79 Å². The van der Waals surface area contributed by atoms with E-state index in [1.165, 1.54) is 4.68 Å². The first-order chi connectivity index (χ1) is 10.6. The van der Waals surface area contributed by atoms with E-state index < -0.39 is 0 Å². The van der Waals surface area contributed by atoms with Gasteiger partial charge in [-0.2, -0.15) is 5.10 Å². The third-order valence-electron chi connectivity index (χ3n) is 3.16. The summed E-state index contributed by atoms with van der Waals surface area (Å²) in [5, 5.41) is 5.08. The van der Waals surface area contributed by atoms with Gasteiger partial charge in [0.2, 0.25) is 0 Å². The van der Waals surface area contributed by atoms with Crippen LogP contribution in [0.1, 0.15) is 21.7 Å². The second-order valence-electron chi connectivity index (χ2n) is 4.95. The second kappa shape index (κ2) is 5.69. The van der Waals surface area contributed by atoms with Crippen molar-refractivity contribution in [2.24, 2.45) is 0 Å². The molecule has 0 fully saturated rings. The minimum absolute atomic E-state index is 0.445. The molecule has 0 saturated carbocycles. The third-order valence-corrected chi connectivity index (χ3v) is 3.41. The van der Waals surface area contributed by atoms with Gasteiger partial charge in [0.15, 0.2) is 6.29 Å². The van der Waals surface area contributed by atoms with E-state index in [4.69, 9.17) is 11.6 Å². The maximum Gasteiger partial charge on any atom is 0.250 e. The molecule has 0 N–H and O–H groups in total. The summed E-state index contributed by atoms with van der Waals surface area (Å²) < 4.78 is 1.52. The predicted molar refractivity (Wildman–Crippen MR) is 84.5 cm³/mol. The molecule has 6 heteroatoms. The summed E-state index contributed by atoms with van der Waals surface area (Å²) in [6, 6.07) is 9.05. The number of aromatic nitrogens is 4. The number of aldehydes is 1. The zero-order valence-corrected chi connectivity index (χ0v) is 12.9. The van der Waals surface area contributed by atoms with Crippen LogP contribution in [0, 0.1) is 13.8 Å². The van der Waals surface area contributed by atoms with Crippen molar-refractivity contribution in [1.82, 2.24) is 19.7 Å². The number of carbonyl (C=O) groups is 1. The van der Waals surface area contributed by atoms with Gasteiger partial charge in [0.1, 0.15) is 5.69 Å². The largest absolute Gasteiger partial charge is 0.298 e. The average molecular weight is 313 g/mol.